The second kappa shape index (κ2) is 5.26. The van der Waals surface area contributed by atoms with Gasteiger partial charge in [0.05, 0.1) is 9.92 Å². The molecule has 1 atom stereocenters. The fraction of sp³-hybridized carbons (Fsp3) is 0.538. The topological polar surface area (TPSA) is 40.6 Å². The summed E-state index contributed by atoms with van der Waals surface area (Å²) in [5.74, 6) is -0.605. The zero-order valence-corrected chi connectivity index (χ0v) is 12.5. The molecule has 0 aromatic heterocycles. The van der Waals surface area contributed by atoms with Gasteiger partial charge in [0.25, 0.3) is 0 Å². The molecule has 2 aliphatic heterocycles. The third-order valence-corrected chi connectivity index (χ3v) is 6.23. The van der Waals surface area contributed by atoms with E-state index in [9.17, 15) is 12.8 Å². The maximum absolute atomic E-state index is 13.2. The van der Waals surface area contributed by atoms with E-state index >= 15 is 0 Å². The van der Waals surface area contributed by atoms with Crippen LogP contribution in [0.3, 0.4) is 0 Å². The lowest BCUT2D eigenvalue weighted by molar-refractivity contribution is 0.158. The largest absolute Gasteiger partial charge is 0.298 e. The summed E-state index contributed by atoms with van der Waals surface area (Å²) in [6.07, 6.45) is 2.16. The molecular weight excluding hydrogens is 303 g/mol. The molecule has 2 aliphatic rings. The molecule has 3 rings (SSSR count). The minimum Gasteiger partial charge on any atom is -0.298 e. The summed E-state index contributed by atoms with van der Waals surface area (Å²) in [4.78, 5) is 2.40. The van der Waals surface area contributed by atoms with Gasteiger partial charge in [-0.1, -0.05) is 11.6 Å². The van der Waals surface area contributed by atoms with Crippen LogP contribution in [0.5, 0.6) is 0 Å². The summed E-state index contributed by atoms with van der Waals surface area (Å²) in [5, 5.41) is -0.162. The Kier molecular flexibility index (Phi) is 3.75. The van der Waals surface area contributed by atoms with Gasteiger partial charge in [-0.3, -0.25) is 4.90 Å². The molecule has 20 heavy (non-hydrogen) atoms. The number of rotatable bonds is 2. The zero-order chi connectivity index (χ0) is 14.3. The lowest BCUT2D eigenvalue weighted by Gasteiger charge is -2.36. The summed E-state index contributed by atoms with van der Waals surface area (Å²) in [6.45, 7) is 2.81. The number of sulfonamides is 1. The third kappa shape index (κ3) is 2.45. The van der Waals surface area contributed by atoms with Gasteiger partial charge in [0, 0.05) is 25.7 Å². The second-order valence-electron chi connectivity index (χ2n) is 5.27. The van der Waals surface area contributed by atoms with Crippen molar-refractivity contribution < 1.29 is 12.8 Å². The van der Waals surface area contributed by atoms with Crippen molar-refractivity contribution in [2.45, 2.75) is 23.8 Å². The molecule has 110 valence electrons. The summed E-state index contributed by atoms with van der Waals surface area (Å²) in [5.41, 5.74) is 0. The van der Waals surface area contributed by atoms with Crippen molar-refractivity contribution >= 4 is 21.6 Å². The first kappa shape index (κ1) is 14.3. The zero-order valence-electron chi connectivity index (χ0n) is 10.9. The fourth-order valence-corrected chi connectivity index (χ4v) is 4.71. The molecule has 0 unspecified atom stereocenters. The highest BCUT2D eigenvalue weighted by molar-refractivity contribution is 7.89. The van der Waals surface area contributed by atoms with E-state index in [1.807, 2.05) is 0 Å². The van der Waals surface area contributed by atoms with Gasteiger partial charge in [0.2, 0.25) is 10.0 Å². The first-order chi connectivity index (χ1) is 9.48. The van der Waals surface area contributed by atoms with E-state index in [1.54, 1.807) is 0 Å². The normalized spacial score (nSPS) is 24.8. The first-order valence-electron chi connectivity index (χ1n) is 6.68. The Labute approximate surface area is 123 Å². The van der Waals surface area contributed by atoms with Crippen molar-refractivity contribution in [3.8, 4) is 0 Å². The van der Waals surface area contributed by atoms with Crippen LogP contribution in [-0.4, -0.2) is 49.8 Å². The molecular formula is C13H16ClFN2O2S. The SMILES string of the molecule is O=S(=O)(c1ccc(F)c(Cl)c1)N1CCN2CCC[C@@H]2C1. The molecule has 0 spiro atoms. The molecule has 2 heterocycles. The number of fused-ring (bicyclic) bond motifs is 1. The van der Waals surface area contributed by atoms with E-state index in [-0.39, 0.29) is 9.92 Å². The van der Waals surface area contributed by atoms with Crippen LogP contribution in [-0.2, 0) is 10.0 Å². The van der Waals surface area contributed by atoms with Crippen LogP contribution < -0.4 is 0 Å². The molecule has 0 amide bonds. The van der Waals surface area contributed by atoms with E-state index in [0.29, 0.717) is 19.1 Å². The van der Waals surface area contributed by atoms with Gasteiger partial charge in [-0.2, -0.15) is 4.31 Å². The maximum atomic E-state index is 13.2. The van der Waals surface area contributed by atoms with Gasteiger partial charge in [-0.15, -0.1) is 0 Å². The van der Waals surface area contributed by atoms with E-state index in [4.69, 9.17) is 11.6 Å². The minimum absolute atomic E-state index is 0.0651. The van der Waals surface area contributed by atoms with Crippen molar-refractivity contribution in [2.75, 3.05) is 26.2 Å². The van der Waals surface area contributed by atoms with Crippen molar-refractivity contribution in [3.63, 3.8) is 0 Å². The summed E-state index contributed by atoms with van der Waals surface area (Å²) >= 11 is 5.68. The van der Waals surface area contributed by atoms with Crippen LogP contribution >= 0.6 is 11.6 Å². The second-order valence-corrected chi connectivity index (χ2v) is 7.62. The number of piperazine rings is 1. The van der Waals surface area contributed by atoms with Crippen molar-refractivity contribution in [1.29, 1.82) is 0 Å². The van der Waals surface area contributed by atoms with Crippen LogP contribution in [0.2, 0.25) is 5.02 Å². The Morgan fingerprint density at radius 2 is 2.05 bits per heavy atom. The van der Waals surface area contributed by atoms with Crippen molar-refractivity contribution in [2.24, 2.45) is 0 Å². The third-order valence-electron chi connectivity index (χ3n) is 4.08. The monoisotopic (exact) mass is 318 g/mol. The van der Waals surface area contributed by atoms with Gasteiger partial charge >= 0.3 is 0 Å². The number of hydrogen-bond acceptors (Lipinski definition) is 3. The average Bonchev–Trinajstić information content (AvgIpc) is 2.89. The Bertz CT molecular complexity index is 623. The number of hydrogen-bond donors (Lipinski definition) is 0. The standard InChI is InChI=1S/C13H16ClFN2O2S/c14-12-8-11(3-4-13(12)15)20(18,19)17-7-6-16-5-1-2-10(16)9-17/h3-4,8,10H,1-2,5-7,9H2/t10-/m1/s1. The van der Waals surface area contributed by atoms with Crippen LogP contribution in [0.15, 0.2) is 23.1 Å². The quantitative estimate of drug-likeness (QED) is 0.837. The predicted molar refractivity (Wildman–Crippen MR) is 74.8 cm³/mol. The minimum atomic E-state index is -3.58. The lowest BCUT2D eigenvalue weighted by Crippen LogP contribution is -2.51. The first-order valence-corrected chi connectivity index (χ1v) is 8.49. The molecule has 2 fully saturated rings. The van der Waals surface area contributed by atoms with Crippen molar-refractivity contribution in [1.82, 2.24) is 9.21 Å². The highest BCUT2D eigenvalue weighted by Crippen LogP contribution is 2.27. The predicted octanol–water partition coefficient (Wildman–Crippen LogP) is 1.95. The van der Waals surface area contributed by atoms with E-state index in [0.717, 1.165) is 32.0 Å². The molecule has 0 saturated carbocycles. The molecule has 0 bridgehead atoms. The summed E-state index contributed by atoms with van der Waals surface area (Å²) < 4.78 is 39.8. The van der Waals surface area contributed by atoms with Crippen LogP contribution in [0.1, 0.15) is 12.8 Å². The van der Waals surface area contributed by atoms with E-state index in [1.165, 1.54) is 16.4 Å². The smallest absolute Gasteiger partial charge is 0.243 e. The van der Waals surface area contributed by atoms with Gasteiger partial charge < -0.3 is 0 Å². The Balaban J connectivity index is 1.86. The molecule has 0 radical (unpaired) electrons. The van der Waals surface area contributed by atoms with E-state index < -0.39 is 15.8 Å². The highest BCUT2D eigenvalue weighted by Gasteiger charge is 2.36. The van der Waals surface area contributed by atoms with Crippen LogP contribution in [0, 0.1) is 5.82 Å². The molecule has 4 nitrogen and oxygen atoms in total. The molecule has 7 heteroatoms. The Hall–Kier alpha value is -0.690. The fourth-order valence-electron chi connectivity index (χ4n) is 2.97. The number of benzene rings is 1. The number of nitrogens with zero attached hydrogens (tertiary/aromatic N) is 2. The average molecular weight is 319 g/mol. The maximum Gasteiger partial charge on any atom is 0.243 e. The van der Waals surface area contributed by atoms with Crippen molar-refractivity contribution in [3.05, 3.63) is 29.0 Å². The lowest BCUT2D eigenvalue weighted by atomic mass is 10.2. The molecule has 1 aromatic rings. The van der Waals surface area contributed by atoms with Gasteiger partial charge in [0.1, 0.15) is 5.82 Å². The Morgan fingerprint density at radius 1 is 1.25 bits per heavy atom. The number of halogens is 2. The summed E-state index contributed by atoms with van der Waals surface area (Å²) in [6, 6.07) is 3.88. The van der Waals surface area contributed by atoms with E-state index in [2.05, 4.69) is 4.90 Å². The molecule has 2 saturated heterocycles. The molecule has 0 aliphatic carbocycles. The highest BCUT2D eigenvalue weighted by atomic mass is 35.5. The van der Waals surface area contributed by atoms with Gasteiger partial charge in [0.15, 0.2) is 0 Å². The van der Waals surface area contributed by atoms with Gasteiger partial charge in [-0.05, 0) is 37.6 Å². The Morgan fingerprint density at radius 3 is 2.80 bits per heavy atom. The van der Waals surface area contributed by atoms with Crippen LogP contribution in [0.25, 0.3) is 0 Å². The van der Waals surface area contributed by atoms with Crippen LogP contribution in [0.4, 0.5) is 4.39 Å². The molecule has 0 N–H and O–H groups in total. The van der Waals surface area contributed by atoms with Gasteiger partial charge in [-0.25, -0.2) is 12.8 Å². The summed E-state index contributed by atoms with van der Waals surface area (Å²) in [7, 11) is -3.58. The molecule has 1 aromatic carbocycles.